The van der Waals surface area contributed by atoms with Crippen LogP contribution in [0.25, 0.3) is 0 Å². The quantitative estimate of drug-likeness (QED) is 0.766. The normalized spacial score (nSPS) is 11.7. The van der Waals surface area contributed by atoms with Crippen molar-refractivity contribution in [1.29, 1.82) is 0 Å². The van der Waals surface area contributed by atoms with E-state index in [0.717, 1.165) is 5.69 Å². The van der Waals surface area contributed by atoms with Gasteiger partial charge in [0, 0.05) is 11.9 Å². The van der Waals surface area contributed by atoms with Crippen LogP contribution in [0.1, 0.15) is 12.1 Å². The van der Waals surface area contributed by atoms with Gasteiger partial charge >= 0.3 is 6.18 Å². The van der Waals surface area contributed by atoms with Crippen molar-refractivity contribution in [2.24, 2.45) is 0 Å². The first-order chi connectivity index (χ1) is 7.08. The van der Waals surface area contributed by atoms with Crippen LogP contribution < -0.4 is 5.32 Å². The Balaban J connectivity index is 2.08. The van der Waals surface area contributed by atoms with Crippen molar-refractivity contribution in [1.82, 2.24) is 10.3 Å². The third kappa shape index (κ3) is 6.06. The van der Waals surface area contributed by atoms with Gasteiger partial charge in [0.2, 0.25) is 0 Å². The highest BCUT2D eigenvalue weighted by molar-refractivity contribution is 5.03. The largest absolute Gasteiger partial charge is 0.401 e. The number of nitrogens with one attached hydrogen (secondary N) is 1. The van der Waals surface area contributed by atoms with Crippen LogP contribution in [0.15, 0.2) is 24.4 Å². The number of nitrogens with zero attached hydrogens (tertiary/aromatic N) is 1. The van der Waals surface area contributed by atoms with Gasteiger partial charge in [-0.3, -0.25) is 4.98 Å². The van der Waals surface area contributed by atoms with Gasteiger partial charge in [-0.25, -0.2) is 0 Å². The molecule has 0 radical (unpaired) electrons. The van der Waals surface area contributed by atoms with E-state index in [1.807, 2.05) is 18.2 Å². The fourth-order valence-corrected chi connectivity index (χ4v) is 1.17. The summed E-state index contributed by atoms with van der Waals surface area (Å²) in [7, 11) is 0. The van der Waals surface area contributed by atoms with Crippen LogP contribution in [0, 0.1) is 0 Å². The SMILES string of the molecule is FC(F)(F)CNCCCc1ccccn1. The molecule has 0 atom stereocenters. The van der Waals surface area contributed by atoms with E-state index in [4.69, 9.17) is 0 Å². The van der Waals surface area contributed by atoms with Gasteiger partial charge < -0.3 is 5.32 Å². The number of pyridine rings is 1. The van der Waals surface area contributed by atoms with Gasteiger partial charge in [0.1, 0.15) is 0 Å². The second-order valence-corrected chi connectivity index (χ2v) is 3.22. The maximum Gasteiger partial charge on any atom is 0.401 e. The van der Waals surface area contributed by atoms with Crippen LogP contribution in [0.2, 0.25) is 0 Å². The van der Waals surface area contributed by atoms with Crippen molar-refractivity contribution in [2.75, 3.05) is 13.1 Å². The number of hydrogen-bond donors (Lipinski definition) is 1. The number of aromatic nitrogens is 1. The monoisotopic (exact) mass is 218 g/mol. The zero-order chi connectivity index (χ0) is 11.1. The fraction of sp³-hybridized carbons (Fsp3) is 0.500. The van der Waals surface area contributed by atoms with Gasteiger partial charge in [0.05, 0.1) is 6.54 Å². The molecule has 84 valence electrons. The van der Waals surface area contributed by atoms with E-state index < -0.39 is 12.7 Å². The Morgan fingerprint density at radius 2 is 2.07 bits per heavy atom. The number of alkyl halides is 3. The zero-order valence-corrected chi connectivity index (χ0v) is 8.22. The van der Waals surface area contributed by atoms with Gasteiger partial charge in [-0.05, 0) is 31.5 Å². The third-order valence-corrected chi connectivity index (χ3v) is 1.84. The van der Waals surface area contributed by atoms with E-state index in [0.29, 0.717) is 19.4 Å². The summed E-state index contributed by atoms with van der Waals surface area (Å²) in [6, 6.07) is 5.54. The minimum absolute atomic E-state index is 0.357. The second-order valence-electron chi connectivity index (χ2n) is 3.22. The molecule has 0 aromatic carbocycles. The number of hydrogen-bond acceptors (Lipinski definition) is 2. The Hall–Kier alpha value is -1.10. The van der Waals surface area contributed by atoms with E-state index in [-0.39, 0.29) is 0 Å². The first-order valence-corrected chi connectivity index (χ1v) is 4.75. The predicted octanol–water partition coefficient (Wildman–Crippen LogP) is 2.17. The lowest BCUT2D eigenvalue weighted by atomic mass is 10.2. The summed E-state index contributed by atoms with van der Waals surface area (Å²) < 4.78 is 35.2. The summed E-state index contributed by atoms with van der Waals surface area (Å²) in [5.74, 6) is 0. The molecule has 0 aliphatic rings. The fourth-order valence-electron chi connectivity index (χ4n) is 1.17. The van der Waals surface area contributed by atoms with E-state index in [9.17, 15) is 13.2 Å². The Morgan fingerprint density at radius 1 is 1.27 bits per heavy atom. The highest BCUT2D eigenvalue weighted by Crippen LogP contribution is 2.12. The molecule has 0 amide bonds. The summed E-state index contributed by atoms with van der Waals surface area (Å²) in [5, 5.41) is 2.34. The number of aryl methyl sites for hydroxylation is 1. The zero-order valence-electron chi connectivity index (χ0n) is 8.22. The van der Waals surface area contributed by atoms with Crippen LogP contribution in [0.4, 0.5) is 13.2 Å². The minimum atomic E-state index is -4.12. The average Bonchev–Trinajstić information content (AvgIpc) is 2.17. The van der Waals surface area contributed by atoms with Gasteiger partial charge in [-0.1, -0.05) is 6.07 Å². The Morgan fingerprint density at radius 3 is 2.67 bits per heavy atom. The van der Waals surface area contributed by atoms with E-state index in [1.54, 1.807) is 6.20 Å². The minimum Gasteiger partial charge on any atom is -0.309 e. The number of rotatable bonds is 5. The average molecular weight is 218 g/mol. The molecule has 0 saturated heterocycles. The van der Waals surface area contributed by atoms with E-state index in [2.05, 4.69) is 10.3 Å². The standard InChI is InChI=1S/C10H13F3N2/c11-10(12,13)8-14-6-3-5-9-4-1-2-7-15-9/h1-2,4,7,14H,3,5-6,8H2. The van der Waals surface area contributed by atoms with Crippen LogP contribution in [-0.2, 0) is 6.42 Å². The van der Waals surface area contributed by atoms with Gasteiger partial charge in [-0.15, -0.1) is 0 Å². The maximum atomic E-state index is 11.7. The highest BCUT2D eigenvalue weighted by atomic mass is 19.4. The molecule has 2 nitrogen and oxygen atoms in total. The molecule has 0 fully saturated rings. The number of halogens is 3. The van der Waals surface area contributed by atoms with Crippen molar-refractivity contribution in [3.8, 4) is 0 Å². The lowest BCUT2D eigenvalue weighted by molar-refractivity contribution is -0.124. The first kappa shape index (κ1) is 12.0. The first-order valence-electron chi connectivity index (χ1n) is 4.75. The van der Waals surface area contributed by atoms with E-state index in [1.165, 1.54) is 0 Å². The lowest BCUT2D eigenvalue weighted by Crippen LogP contribution is -2.29. The molecule has 15 heavy (non-hydrogen) atoms. The maximum absolute atomic E-state index is 11.7. The predicted molar refractivity (Wildman–Crippen MR) is 51.5 cm³/mol. The van der Waals surface area contributed by atoms with Gasteiger partial charge in [0.25, 0.3) is 0 Å². The summed E-state index contributed by atoms with van der Waals surface area (Å²) >= 11 is 0. The molecule has 1 aromatic rings. The summed E-state index contributed by atoms with van der Waals surface area (Å²) in [5.41, 5.74) is 0.909. The summed E-state index contributed by atoms with van der Waals surface area (Å²) in [6.07, 6.45) is -1.08. The van der Waals surface area contributed by atoms with Crippen molar-refractivity contribution in [3.05, 3.63) is 30.1 Å². The Kier molecular flexibility index (Phi) is 4.55. The van der Waals surface area contributed by atoms with Crippen molar-refractivity contribution < 1.29 is 13.2 Å². The molecule has 1 N–H and O–H groups in total. The second kappa shape index (κ2) is 5.70. The van der Waals surface area contributed by atoms with Crippen LogP contribution in [-0.4, -0.2) is 24.2 Å². The topological polar surface area (TPSA) is 24.9 Å². The third-order valence-electron chi connectivity index (χ3n) is 1.84. The van der Waals surface area contributed by atoms with Crippen LogP contribution in [0.3, 0.4) is 0 Å². The molecule has 1 heterocycles. The Labute approximate surface area is 86.5 Å². The van der Waals surface area contributed by atoms with Gasteiger partial charge in [0.15, 0.2) is 0 Å². The molecule has 0 aliphatic carbocycles. The van der Waals surface area contributed by atoms with E-state index >= 15 is 0 Å². The molecular weight excluding hydrogens is 205 g/mol. The molecule has 1 rings (SSSR count). The van der Waals surface area contributed by atoms with Gasteiger partial charge in [-0.2, -0.15) is 13.2 Å². The van der Waals surface area contributed by atoms with Crippen molar-refractivity contribution >= 4 is 0 Å². The molecule has 0 unspecified atom stereocenters. The molecule has 1 aromatic heterocycles. The molecule has 0 aliphatic heterocycles. The smallest absolute Gasteiger partial charge is 0.309 e. The molecule has 0 spiro atoms. The lowest BCUT2D eigenvalue weighted by Gasteiger charge is -2.07. The molecule has 0 saturated carbocycles. The van der Waals surface area contributed by atoms with Crippen LogP contribution in [0.5, 0.6) is 0 Å². The van der Waals surface area contributed by atoms with Crippen molar-refractivity contribution in [2.45, 2.75) is 19.0 Å². The molecule has 5 heteroatoms. The van der Waals surface area contributed by atoms with Crippen molar-refractivity contribution in [3.63, 3.8) is 0 Å². The highest BCUT2D eigenvalue weighted by Gasteiger charge is 2.25. The van der Waals surface area contributed by atoms with Crippen LogP contribution >= 0.6 is 0 Å². The Bertz CT molecular complexity index is 272. The molecule has 0 bridgehead atoms. The molecular formula is C10H13F3N2. The summed E-state index contributed by atoms with van der Waals surface area (Å²) in [6.45, 7) is -0.564. The summed E-state index contributed by atoms with van der Waals surface area (Å²) in [4.78, 5) is 4.08.